The van der Waals surface area contributed by atoms with Crippen molar-refractivity contribution in [2.75, 3.05) is 12.3 Å². The van der Waals surface area contributed by atoms with Crippen LogP contribution in [0.4, 0.5) is 0 Å². The molecule has 3 rings (SSSR count). The molecule has 1 heterocycles. The van der Waals surface area contributed by atoms with Gasteiger partial charge in [-0.05, 0) is 6.92 Å². The second kappa shape index (κ2) is 7.45. The van der Waals surface area contributed by atoms with Crippen molar-refractivity contribution in [2.45, 2.75) is 39.3 Å². The number of nitrogens with zero attached hydrogens (tertiary/aromatic N) is 2. The minimum atomic E-state index is -1.48. The lowest BCUT2D eigenvalue weighted by atomic mass is 10.4. The molecule has 0 fully saturated rings. The van der Waals surface area contributed by atoms with Crippen molar-refractivity contribution in [2.24, 2.45) is 0 Å². The van der Waals surface area contributed by atoms with E-state index in [4.69, 9.17) is 0 Å². The standard InChI is InChI=1S/C22H32N2Si2/c1-20-23(18-25(2,3)21-12-8-6-9-13-21)16-17-24(20)19-26(4,5)22-14-10-7-11-15-22/h6-17,20H,18-19H2,1-5H3. The molecule has 0 N–H and O–H groups in total. The van der Waals surface area contributed by atoms with Crippen LogP contribution in [0.25, 0.3) is 0 Å². The molecule has 26 heavy (non-hydrogen) atoms. The highest BCUT2D eigenvalue weighted by atomic mass is 28.3. The van der Waals surface area contributed by atoms with E-state index in [1.807, 2.05) is 0 Å². The normalized spacial score (nSPS) is 15.7. The topological polar surface area (TPSA) is 6.48 Å². The van der Waals surface area contributed by atoms with Crippen LogP contribution in [0.3, 0.4) is 0 Å². The lowest BCUT2D eigenvalue weighted by molar-refractivity contribution is 0.205. The average molecular weight is 381 g/mol. The second-order valence-corrected chi connectivity index (χ2v) is 18.1. The van der Waals surface area contributed by atoms with Crippen molar-refractivity contribution in [1.82, 2.24) is 9.80 Å². The molecule has 2 nitrogen and oxygen atoms in total. The summed E-state index contributed by atoms with van der Waals surface area (Å²) in [5, 5.41) is 3.08. The summed E-state index contributed by atoms with van der Waals surface area (Å²) in [6.07, 6.45) is 7.41. The zero-order chi connectivity index (χ0) is 18.8. The summed E-state index contributed by atoms with van der Waals surface area (Å²) in [4.78, 5) is 5.10. The Labute approximate surface area is 161 Å². The lowest BCUT2D eigenvalue weighted by Gasteiger charge is -2.37. The highest BCUT2D eigenvalue weighted by Gasteiger charge is 2.34. The maximum Gasteiger partial charge on any atom is 0.101 e. The largest absolute Gasteiger partial charge is 0.359 e. The number of hydrogen-bond acceptors (Lipinski definition) is 2. The van der Waals surface area contributed by atoms with Gasteiger partial charge in [0.2, 0.25) is 0 Å². The average Bonchev–Trinajstić information content (AvgIpc) is 2.95. The van der Waals surface area contributed by atoms with Crippen molar-refractivity contribution in [3.8, 4) is 0 Å². The molecule has 1 aliphatic rings. The van der Waals surface area contributed by atoms with Crippen molar-refractivity contribution in [3.63, 3.8) is 0 Å². The predicted molar refractivity (Wildman–Crippen MR) is 119 cm³/mol. The molecule has 2 aromatic rings. The van der Waals surface area contributed by atoms with Crippen LogP contribution in [0, 0.1) is 0 Å². The van der Waals surface area contributed by atoms with E-state index in [-0.39, 0.29) is 0 Å². The third kappa shape index (κ3) is 4.13. The molecular weight excluding hydrogens is 348 g/mol. The molecule has 0 aromatic heterocycles. The maximum absolute atomic E-state index is 2.55. The smallest absolute Gasteiger partial charge is 0.101 e. The second-order valence-electron chi connectivity index (χ2n) is 8.77. The Morgan fingerprint density at radius 2 is 1.00 bits per heavy atom. The lowest BCUT2D eigenvalue weighted by Crippen LogP contribution is -2.56. The van der Waals surface area contributed by atoms with Crippen LogP contribution in [0.2, 0.25) is 26.2 Å². The molecule has 0 aliphatic carbocycles. The van der Waals surface area contributed by atoms with Gasteiger partial charge in [0.25, 0.3) is 0 Å². The van der Waals surface area contributed by atoms with Crippen molar-refractivity contribution < 1.29 is 0 Å². The van der Waals surface area contributed by atoms with Crippen LogP contribution in [-0.4, -0.2) is 44.4 Å². The van der Waals surface area contributed by atoms with Crippen molar-refractivity contribution in [1.29, 1.82) is 0 Å². The molecule has 2 aromatic carbocycles. The number of hydrogen-bond donors (Lipinski definition) is 0. The van der Waals surface area contributed by atoms with E-state index in [2.05, 4.69) is 116 Å². The third-order valence-corrected chi connectivity index (χ3v) is 11.8. The molecule has 4 heteroatoms. The van der Waals surface area contributed by atoms with Gasteiger partial charge in [-0.15, -0.1) is 0 Å². The summed E-state index contributed by atoms with van der Waals surface area (Å²) in [5.41, 5.74) is 0. The van der Waals surface area contributed by atoms with E-state index in [0.717, 1.165) is 0 Å². The van der Waals surface area contributed by atoms with Gasteiger partial charge in [-0.2, -0.15) is 0 Å². The Balaban J connectivity index is 1.67. The van der Waals surface area contributed by atoms with E-state index in [1.165, 1.54) is 22.7 Å². The van der Waals surface area contributed by atoms with Crippen LogP contribution in [0.1, 0.15) is 6.92 Å². The van der Waals surface area contributed by atoms with Crippen LogP contribution in [0.5, 0.6) is 0 Å². The van der Waals surface area contributed by atoms with Gasteiger partial charge in [-0.1, -0.05) is 97.2 Å². The quantitative estimate of drug-likeness (QED) is 0.705. The molecule has 1 aliphatic heterocycles. The van der Waals surface area contributed by atoms with Gasteiger partial charge in [-0.3, -0.25) is 0 Å². The fourth-order valence-electron chi connectivity index (χ4n) is 3.85. The fraction of sp³-hybridized carbons (Fsp3) is 0.364. The highest BCUT2D eigenvalue weighted by Crippen LogP contribution is 2.20. The molecule has 0 bridgehead atoms. The van der Waals surface area contributed by atoms with Crippen LogP contribution in [-0.2, 0) is 0 Å². The van der Waals surface area contributed by atoms with E-state index in [1.54, 1.807) is 0 Å². The maximum atomic E-state index is 2.55. The first kappa shape index (κ1) is 19.0. The van der Waals surface area contributed by atoms with Gasteiger partial charge >= 0.3 is 0 Å². The third-order valence-electron chi connectivity index (χ3n) is 5.68. The van der Waals surface area contributed by atoms with Gasteiger partial charge in [0.05, 0.1) is 6.17 Å². The fourth-order valence-corrected chi connectivity index (χ4v) is 8.97. The summed E-state index contributed by atoms with van der Waals surface area (Å²) in [5.74, 6) is 0. The number of benzene rings is 2. The SMILES string of the molecule is CC1N(C[Si](C)(C)c2ccccc2)C=CN1C[Si](C)(C)c1ccccc1. The van der Waals surface area contributed by atoms with Gasteiger partial charge in [0.1, 0.15) is 16.1 Å². The van der Waals surface area contributed by atoms with Crippen LogP contribution >= 0.6 is 0 Å². The summed E-state index contributed by atoms with van der Waals surface area (Å²) >= 11 is 0. The Hall–Kier alpha value is -1.79. The minimum absolute atomic E-state index is 0.445. The molecular formula is C22H32N2Si2. The number of rotatable bonds is 6. The molecule has 0 saturated carbocycles. The molecule has 0 radical (unpaired) electrons. The molecule has 0 atom stereocenters. The molecule has 0 unspecified atom stereocenters. The van der Waals surface area contributed by atoms with E-state index in [0.29, 0.717) is 6.17 Å². The van der Waals surface area contributed by atoms with E-state index in [9.17, 15) is 0 Å². The molecule has 0 saturated heterocycles. The Kier molecular flexibility index (Phi) is 5.44. The summed E-state index contributed by atoms with van der Waals surface area (Å²) in [6.45, 7) is 12.3. The zero-order valence-electron chi connectivity index (χ0n) is 16.8. The van der Waals surface area contributed by atoms with Gasteiger partial charge < -0.3 is 9.80 Å². The Bertz CT molecular complexity index is 678. The molecule has 0 amide bonds. The molecule has 138 valence electrons. The summed E-state index contributed by atoms with van der Waals surface area (Å²) in [7, 11) is -2.96. The first-order chi connectivity index (χ1) is 12.3. The van der Waals surface area contributed by atoms with E-state index >= 15 is 0 Å². The van der Waals surface area contributed by atoms with Crippen LogP contribution in [0.15, 0.2) is 73.1 Å². The highest BCUT2D eigenvalue weighted by molar-refractivity contribution is 6.90. The Morgan fingerprint density at radius 1 is 0.654 bits per heavy atom. The monoisotopic (exact) mass is 380 g/mol. The summed E-state index contributed by atoms with van der Waals surface area (Å²) < 4.78 is 0. The molecule has 0 spiro atoms. The van der Waals surface area contributed by atoms with Crippen molar-refractivity contribution in [3.05, 3.63) is 73.1 Å². The first-order valence-electron chi connectivity index (χ1n) is 9.60. The van der Waals surface area contributed by atoms with Gasteiger partial charge in [0.15, 0.2) is 0 Å². The van der Waals surface area contributed by atoms with Gasteiger partial charge in [-0.25, -0.2) is 0 Å². The summed E-state index contributed by atoms with van der Waals surface area (Å²) in [6, 6.07) is 22.1. The first-order valence-corrected chi connectivity index (χ1v) is 16.0. The van der Waals surface area contributed by atoms with Gasteiger partial charge in [0, 0.05) is 24.7 Å². The van der Waals surface area contributed by atoms with Crippen molar-refractivity contribution >= 4 is 26.5 Å². The van der Waals surface area contributed by atoms with E-state index < -0.39 is 16.1 Å². The van der Waals surface area contributed by atoms with Crippen LogP contribution < -0.4 is 10.4 Å². The minimum Gasteiger partial charge on any atom is -0.359 e. The predicted octanol–water partition coefficient (Wildman–Crippen LogP) is 3.73. The zero-order valence-corrected chi connectivity index (χ0v) is 18.8. The Morgan fingerprint density at radius 3 is 1.35 bits per heavy atom.